The fraction of sp³-hybridized carbons (Fsp3) is 1.00. The van der Waals surface area contributed by atoms with Crippen LogP contribution in [0.3, 0.4) is 0 Å². The molecule has 3 atom stereocenters. The number of nitrogens with zero attached hydrogens (tertiary/aromatic N) is 2. The van der Waals surface area contributed by atoms with E-state index in [9.17, 15) is 0 Å². The number of hydrogen-bond acceptors (Lipinski definition) is 3. The van der Waals surface area contributed by atoms with Gasteiger partial charge < -0.3 is 10.6 Å². The Labute approximate surface area is 113 Å². The first kappa shape index (κ1) is 14.3. The lowest BCUT2D eigenvalue weighted by molar-refractivity contribution is 0.0856. The Bertz CT molecular complexity index is 244. The van der Waals surface area contributed by atoms with Crippen LogP contribution in [0, 0.1) is 5.92 Å². The quantitative estimate of drug-likeness (QED) is 0.831. The molecule has 3 unspecified atom stereocenters. The van der Waals surface area contributed by atoms with E-state index in [1.54, 1.807) is 0 Å². The van der Waals surface area contributed by atoms with Crippen LogP contribution >= 0.6 is 0 Å². The molecular weight excluding hydrogens is 222 g/mol. The van der Waals surface area contributed by atoms with Gasteiger partial charge in [0.2, 0.25) is 0 Å². The Morgan fingerprint density at radius 3 is 2.67 bits per heavy atom. The van der Waals surface area contributed by atoms with Crippen LogP contribution in [0.25, 0.3) is 0 Å². The maximum atomic E-state index is 5.97. The Morgan fingerprint density at radius 2 is 1.94 bits per heavy atom. The SMILES string of the molecule is CC1CCCN(CCC2CCCCN2C)C1CN. The second-order valence-electron chi connectivity index (χ2n) is 6.38. The van der Waals surface area contributed by atoms with Gasteiger partial charge in [-0.25, -0.2) is 0 Å². The Hall–Kier alpha value is -0.120. The van der Waals surface area contributed by atoms with Gasteiger partial charge in [-0.1, -0.05) is 13.3 Å². The fourth-order valence-corrected chi connectivity index (χ4v) is 3.82. The van der Waals surface area contributed by atoms with Gasteiger partial charge in [-0.05, 0) is 64.7 Å². The average molecular weight is 253 g/mol. The molecule has 2 fully saturated rings. The number of nitrogens with two attached hydrogens (primary N) is 1. The zero-order valence-electron chi connectivity index (χ0n) is 12.3. The summed E-state index contributed by atoms with van der Waals surface area (Å²) < 4.78 is 0. The van der Waals surface area contributed by atoms with E-state index < -0.39 is 0 Å². The van der Waals surface area contributed by atoms with E-state index in [0.29, 0.717) is 6.04 Å². The molecule has 0 aromatic carbocycles. The van der Waals surface area contributed by atoms with Gasteiger partial charge >= 0.3 is 0 Å². The summed E-state index contributed by atoms with van der Waals surface area (Å²) in [5.41, 5.74) is 5.97. The third-order valence-electron chi connectivity index (χ3n) is 5.14. The minimum absolute atomic E-state index is 0.632. The summed E-state index contributed by atoms with van der Waals surface area (Å²) in [6, 6.07) is 1.45. The van der Waals surface area contributed by atoms with Crippen LogP contribution in [0.5, 0.6) is 0 Å². The van der Waals surface area contributed by atoms with E-state index in [1.807, 2.05) is 0 Å². The molecule has 0 saturated carbocycles. The van der Waals surface area contributed by atoms with E-state index in [0.717, 1.165) is 18.5 Å². The molecule has 0 aromatic heterocycles. The monoisotopic (exact) mass is 253 g/mol. The van der Waals surface area contributed by atoms with E-state index in [1.165, 1.54) is 58.2 Å². The highest BCUT2D eigenvalue weighted by Crippen LogP contribution is 2.24. The van der Waals surface area contributed by atoms with Crippen LogP contribution in [0.4, 0.5) is 0 Å². The molecule has 2 N–H and O–H groups in total. The minimum Gasteiger partial charge on any atom is -0.329 e. The molecule has 2 saturated heterocycles. The van der Waals surface area contributed by atoms with Crippen molar-refractivity contribution in [2.45, 2.75) is 57.5 Å². The fourth-order valence-electron chi connectivity index (χ4n) is 3.82. The molecular formula is C15H31N3. The highest BCUT2D eigenvalue weighted by Gasteiger charge is 2.28. The standard InChI is InChI=1S/C15H31N3/c1-13-6-5-10-18(15(13)12-16)11-8-14-7-3-4-9-17(14)2/h13-15H,3-12,16H2,1-2H3. The van der Waals surface area contributed by atoms with Crippen molar-refractivity contribution < 1.29 is 0 Å². The lowest BCUT2D eigenvalue weighted by Crippen LogP contribution is -2.50. The van der Waals surface area contributed by atoms with Crippen molar-refractivity contribution in [1.29, 1.82) is 0 Å². The molecule has 3 heteroatoms. The largest absolute Gasteiger partial charge is 0.329 e. The van der Waals surface area contributed by atoms with E-state index in [2.05, 4.69) is 23.8 Å². The lowest BCUT2D eigenvalue weighted by Gasteiger charge is -2.41. The first-order chi connectivity index (χ1) is 8.72. The van der Waals surface area contributed by atoms with Crippen molar-refractivity contribution in [3.8, 4) is 0 Å². The van der Waals surface area contributed by atoms with Crippen LogP contribution in [0.15, 0.2) is 0 Å². The summed E-state index contributed by atoms with van der Waals surface area (Å²) >= 11 is 0. The van der Waals surface area contributed by atoms with Crippen LogP contribution in [-0.4, -0.2) is 55.1 Å². The van der Waals surface area contributed by atoms with E-state index in [-0.39, 0.29) is 0 Å². The Morgan fingerprint density at radius 1 is 1.11 bits per heavy atom. The maximum Gasteiger partial charge on any atom is 0.0244 e. The molecule has 18 heavy (non-hydrogen) atoms. The summed E-state index contributed by atoms with van der Waals surface area (Å²) in [4.78, 5) is 5.23. The highest BCUT2D eigenvalue weighted by atomic mass is 15.2. The molecule has 3 nitrogen and oxygen atoms in total. The van der Waals surface area contributed by atoms with Crippen molar-refractivity contribution in [1.82, 2.24) is 9.80 Å². The summed E-state index contributed by atoms with van der Waals surface area (Å²) in [5.74, 6) is 0.785. The predicted molar refractivity (Wildman–Crippen MR) is 77.7 cm³/mol. The maximum absolute atomic E-state index is 5.97. The molecule has 106 valence electrons. The number of rotatable bonds is 4. The van der Waals surface area contributed by atoms with Gasteiger partial charge in [0.1, 0.15) is 0 Å². The normalized spacial score (nSPS) is 35.8. The van der Waals surface area contributed by atoms with Crippen LogP contribution < -0.4 is 5.73 Å². The van der Waals surface area contributed by atoms with E-state index in [4.69, 9.17) is 5.73 Å². The lowest BCUT2D eigenvalue weighted by atomic mass is 9.90. The molecule has 2 aliphatic rings. The smallest absolute Gasteiger partial charge is 0.0244 e. The predicted octanol–water partition coefficient (Wildman–Crippen LogP) is 1.92. The van der Waals surface area contributed by atoms with Crippen molar-refractivity contribution >= 4 is 0 Å². The van der Waals surface area contributed by atoms with Gasteiger partial charge in [0.05, 0.1) is 0 Å². The van der Waals surface area contributed by atoms with Crippen LogP contribution in [-0.2, 0) is 0 Å². The molecule has 0 amide bonds. The number of likely N-dealkylation sites (tertiary alicyclic amines) is 2. The zero-order valence-corrected chi connectivity index (χ0v) is 12.3. The second kappa shape index (κ2) is 6.88. The molecule has 0 spiro atoms. The van der Waals surface area contributed by atoms with Gasteiger partial charge in [-0.3, -0.25) is 4.90 Å². The third-order valence-corrected chi connectivity index (χ3v) is 5.14. The molecule has 2 rings (SSSR count). The van der Waals surface area contributed by atoms with Crippen molar-refractivity contribution in [3.05, 3.63) is 0 Å². The van der Waals surface area contributed by atoms with Crippen LogP contribution in [0.1, 0.15) is 45.4 Å². The Kier molecular flexibility index (Phi) is 5.46. The van der Waals surface area contributed by atoms with Crippen molar-refractivity contribution in [2.24, 2.45) is 11.7 Å². The zero-order chi connectivity index (χ0) is 13.0. The second-order valence-corrected chi connectivity index (χ2v) is 6.38. The van der Waals surface area contributed by atoms with Gasteiger partial charge in [0, 0.05) is 18.6 Å². The van der Waals surface area contributed by atoms with Crippen molar-refractivity contribution in [2.75, 3.05) is 33.2 Å². The van der Waals surface area contributed by atoms with Gasteiger partial charge in [0.15, 0.2) is 0 Å². The summed E-state index contributed by atoms with van der Waals surface area (Å²) in [5, 5.41) is 0. The summed E-state index contributed by atoms with van der Waals surface area (Å²) in [7, 11) is 2.29. The van der Waals surface area contributed by atoms with Crippen LogP contribution in [0.2, 0.25) is 0 Å². The molecule has 0 aromatic rings. The molecule has 2 heterocycles. The molecule has 0 aliphatic carbocycles. The summed E-state index contributed by atoms with van der Waals surface area (Å²) in [6.45, 7) is 7.02. The topological polar surface area (TPSA) is 32.5 Å². The molecule has 0 radical (unpaired) electrons. The Balaban J connectivity index is 1.80. The minimum atomic E-state index is 0.632. The number of piperidine rings is 2. The average Bonchev–Trinajstić information content (AvgIpc) is 2.38. The molecule has 0 bridgehead atoms. The first-order valence-electron chi connectivity index (χ1n) is 7.86. The van der Waals surface area contributed by atoms with Crippen molar-refractivity contribution in [3.63, 3.8) is 0 Å². The highest BCUT2D eigenvalue weighted by molar-refractivity contribution is 4.84. The van der Waals surface area contributed by atoms with Gasteiger partial charge in [-0.15, -0.1) is 0 Å². The first-order valence-corrected chi connectivity index (χ1v) is 7.86. The van der Waals surface area contributed by atoms with E-state index >= 15 is 0 Å². The molecule has 2 aliphatic heterocycles. The number of hydrogen-bond donors (Lipinski definition) is 1. The summed E-state index contributed by atoms with van der Waals surface area (Å²) in [6.07, 6.45) is 8.26. The third kappa shape index (κ3) is 3.46. The van der Waals surface area contributed by atoms with Gasteiger partial charge in [0.25, 0.3) is 0 Å². The van der Waals surface area contributed by atoms with Gasteiger partial charge in [-0.2, -0.15) is 0 Å².